The molecular formula is C43H49N9O6. The first-order valence-corrected chi connectivity index (χ1v) is 20.5. The molecule has 4 amide bonds. The molecule has 15 nitrogen and oxygen atoms in total. The molecule has 0 radical (unpaired) electrons. The van der Waals surface area contributed by atoms with Crippen LogP contribution in [0.5, 0.6) is 0 Å². The van der Waals surface area contributed by atoms with E-state index < -0.39 is 24.3 Å². The summed E-state index contributed by atoms with van der Waals surface area (Å²) in [5, 5.41) is 6.58. The lowest BCUT2D eigenvalue weighted by Gasteiger charge is -2.36. The van der Waals surface area contributed by atoms with Crippen molar-refractivity contribution >= 4 is 45.9 Å². The van der Waals surface area contributed by atoms with Gasteiger partial charge in [-0.25, -0.2) is 24.5 Å². The van der Waals surface area contributed by atoms with Crippen molar-refractivity contribution in [1.82, 2.24) is 45.4 Å². The van der Waals surface area contributed by atoms with Gasteiger partial charge in [0, 0.05) is 29.6 Å². The first kappa shape index (κ1) is 37.6. The fourth-order valence-corrected chi connectivity index (χ4v) is 9.12. The summed E-state index contributed by atoms with van der Waals surface area (Å²) in [6.07, 6.45) is 9.70. The molecule has 302 valence electrons. The third-order valence-electron chi connectivity index (χ3n) is 12.8. The first-order valence-electron chi connectivity index (χ1n) is 20.5. The summed E-state index contributed by atoms with van der Waals surface area (Å²) in [5.41, 5.74) is 6.10. The van der Waals surface area contributed by atoms with E-state index in [9.17, 15) is 19.2 Å². The minimum Gasteiger partial charge on any atom is -0.453 e. The van der Waals surface area contributed by atoms with Crippen LogP contribution in [0.15, 0.2) is 54.7 Å². The molecule has 0 spiro atoms. The standard InChI is InChI=1S/C43H49N9O6/c1-57-42(55)49-36(24-7-3-8-24)40(53)51-19-5-11-34(51)38-44-23-33(48-38)27-14-17-29-26(21-27)13-16-30(45-29)28-15-18-31-32(22-28)47-39(46-31)35-12-6-20-52(35)41(54)37(25-9-4-10-25)50-43(56)58-2/h13-18,21-25,34-37H,3-12,19-20H2,1-2H3,(H,44,48)(H,46,47)(H,49,55)(H,50,56). The van der Waals surface area contributed by atoms with Crippen LogP contribution in [0.2, 0.25) is 0 Å². The van der Waals surface area contributed by atoms with Crippen molar-refractivity contribution < 1.29 is 28.7 Å². The van der Waals surface area contributed by atoms with Gasteiger partial charge in [0.1, 0.15) is 23.7 Å². The average molecular weight is 788 g/mol. The van der Waals surface area contributed by atoms with Crippen LogP contribution in [-0.4, -0.2) is 98.1 Å². The minimum absolute atomic E-state index is 0.0776. The summed E-state index contributed by atoms with van der Waals surface area (Å²) in [4.78, 5) is 77.2. The number of likely N-dealkylation sites (tertiary alicyclic amines) is 2. The highest BCUT2D eigenvalue weighted by atomic mass is 16.5. The van der Waals surface area contributed by atoms with Gasteiger partial charge in [-0.05, 0) is 93.5 Å². The lowest BCUT2D eigenvalue weighted by atomic mass is 9.79. The quantitative estimate of drug-likeness (QED) is 0.122. The number of carbonyl (C=O) groups excluding carboxylic acids is 4. The second-order valence-electron chi connectivity index (χ2n) is 16.1. The lowest BCUT2D eigenvalue weighted by molar-refractivity contribution is -0.137. The number of benzene rings is 2. The Bertz CT molecular complexity index is 2370. The minimum atomic E-state index is -0.599. The number of nitrogens with zero attached hydrogens (tertiary/aromatic N) is 5. The summed E-state index contributed by atoms with van der Waals surface area (Å²) in [7, 11) is 2.63. The van der Waals surface area contributed by atoms with Gasteiger partial charge in [-0.15, -0.1) is 0 Å². The van der Waals surface area contributed by atoms with Gasteiger partial charge in [0.25, 0.3) is 0 Å². The molecule has 2 saturated heterocycles. The summed E-state index contributed by atoms with van der Waals surface area (Å²) < 4.78 is 9.67. The smallest absolute Gasteiger partial charge is 0.407 e. The SMILES string of the molecule is COC(=O)NC(C(=O)N1CCCC1c1ncc(-c2ccc3nc(-c4ccc5nc(C6CCCN6C(=O)C(NC(=O)OC)C6CCC6)[nH]c5c4)ccc3c2)[nH]1)C1CCC1. The molecule has 3 aromatic heterocycles. The van der Waals surface area contributed by atoms with Crippen LogP contribution in [0, 0.1) is 11.8 Å². The van der Waals surface area contributed by atoms with E-state index in [4.69, 9.17) is 24.4 Å². The molecule has 58 heavy (non-hydrogen) atoms. The first-order chi connectivity index (χ1) is 28.3. The molecule has 4 unspecified atom stereocenters. The molecular weight excluding hydrogens is 739 g/mol. The van der Waals surface area contributed by atoms with Gasteiger partial charge >= 0.3 is 12.2 Å². The van der Waals surface area contributed by atoms with Crippen LogP contribution in [0.4, 0.5) is 9.59 Å². The molecule has 2 aliphatic carbocycles. The average Bonchev–Trinajstić information content (AvgIpc) is 4.04. The highest BCUT2D eigenvalue weighted by molar-refractivity contribution is 5.89. The lowest BCUT2D eigenvalue weighted by Crippen LogP contribution is -2.53. The van der Waals surface area contributed by atoms with Crippen molar-refractivity contribution in [1.29, 1.82) is 0 Å². The number of aromatic amines is 2. The van der Waals surface area contributed by atoms with Gasteiger partial charge in [0.05, 0.1) is 60.4 Å². The van der Waals surface area contributed by atoms with Crippen LogP contribution in [0.3, 0.4) is 0 Å². The molecule has 4 atom stereocenters. The number of alkyl carbamates (subject to hydrolysis) is 2. The third-order valence-corrected chi connectivity index (χ3v) is 12.8. The monoisotopic (exact) mass is 787 g/mol. The molecule has 4 N–H and O–H groups in total. The summed E-state index contributed by atoms with van der Waals surface area (Å²) in [6.45, 7) is 1.23. The van der Waals surface area contributed by atoms with E-state index >= 15 is 0 Å². The van der Waals surface area contributed by atoms with E-state index in [0.29, 0.717) is 13.1 Å². The van der Waals surface area contributed by atoms with Crippen molar-refractivity contribution in [3.63, 3.8) is 0 Å². The molecule has 5 aromatic rings. The molecule has 4 fully saturated rings. The number of carbonyl (C=O) groups is 4. The van der Waals surface area contributed by atoms with Gasteiger partial charge < -0.3 is 39.9 Å². The Morgan fingerprint density at radius 3 is 1.88 bits per heavy atom. The zero-order valence-electron chi connectivity index (χ0n) is 32.8. The number of imidazole rings is 2. The van der Waals surface area contributed by atoms with E-state index in [2.05, 4.69) is 38.8 Å². The molecule has 5 heterocycles. The predicted molar refractivity (Wildman–Crippen MR) is 215 cm³/mol. The van der Waals surface area contributed by atoms with Crippen molar-refractivity contribution in [2.24, 2.45) is 11.8 Å². The maximum absolute atomic E-state index is 13.8. The largest absolute Gasteiger partial charge is 0.453 e. The molecule has 4 aliphatic rings. The normalized spacial score (nSPS) is 20.7. The van der Waals surface area contributed by atoms with Crippen LogP contribution >= 0.6 is 0 Å². The number of H-pyrrole nitrogens is 2. The Morgan fingerprint density at radius 1 is 0.672 bits per heavy atom. The zero-order chi connectivity index (χ0) is 39.9. The number of fused-ring (bicyclic) bond motifs is 2. The number of rotatable bonds is 10. The number of aromatic nitrogens is 5. The second kappa shape index (κ2) is 15.7. The molecule has 2 saturated carbocycles. The van der Waals surface area contributed by atoms with Gasteiger partial charge in [0.2, 0.25) is 11.8 Å². The molecule has 15 heteroatoms. The number of ether oxygens (including phenoxy) is 2. The summed E-state index contributed by atoms with van der Waals surface area (Å²) in [6, 6.07) is 14.6. The Morgan fingerprint density at radius 2 is 1.28 bits per heavy atom. The second-order valence-corrected chi connectivity index (χ2v) is 16.1. The third kappa shape index (κ3) is 7.11. The highest BCUT2D eigenvalue weighted by Crippen LogP contribution is 2.38. The topological polar surface area (TPSA) is 188 Å². The van der Waals surface area contributed by atoms with Crippen LogP contribution in [0.25, 0.3) is 44.5 Å². The highest BCUT2D eigenvalue weighted by Gasteiger charge is 2.43. The van der Waals surface area contributed by atoms with E-state index in [0.717, 1.165) is 120 Å². The number of nitrogens with one attached hydrogen (secondary N) is 4. The van der Waals surface area contributed by atoms with E-state index in [1.807, 2.05) is 46.3 Å². The fraction of sp³-hybridized carbons (Fsp3) is 0.465. The Hall–Kier alpha value is -5.99. The van der Waals surface area contributed by atoms with Crippen LogP contribution in [0.1, 0.15) is 87.9 Å². The summed E-state index contributed by atoms with van der Waals surface area (Å²) >= 11 is 0. The van der Waals surface area contributed by atoms with Gasteiger partial charge in [-0.2, -0.15) is 0 Å². The number of amides is 4. The number of methoxy groups -OCH3 is 2. The van der Waals surface area contributed by atoms with Crippen LogP contribution in [-0.2, 0) is 19.1 Å². The Labute approximate surface area is 335 Å². The van der Waals surface area contributed by atoms with E-state index in [1.54, 1.807) is 0 Å². The van der Waals surface area contributed by atoms with Crippen molar-refractivity contribution in [2.45, 2.75) is 88.4 Å². The maximum atomic E-state index is 13.8. The number of hydrogen-bond donors (Lipinski definition) is 4. The Balaban J connectivity index is 0.903. The Kier molecular flexibility index (Phi) is 10.2. The van der Waals surface area contributed by atoms with Gasteiger partial charge in [0.15, 0.2) is 0 Å². The predicted octanol–water partition coefficient (Wildman–Crippen LogP) is 6.54. The van der Waals surface area contributed by atoms with Gasteiger partial charge in [-0.3, -0.25) is 9.59 Å². The van der Waals surface area contributed by atoms with Crippen molar-refractivity contribution in [2.75, 3.05) is 27.3 Å². The number of hydrogen-bond acceptors (Lipinski definition) is 9. The summed E-state index contributed by atoms with van der Waals surface area (Å²) in [5.74, 6) is 1.56. The molecule has 9 rings (SSSR count). The van der Waals surface area contributed by atoms with Crippen LogP contribution < -0.4 is 10.6 Å². The number of pyridine rings is 1. The van der Waals surface area contributed by atoms with E-state index in [1.165, 1.54) is 14.2 Å². The van der Waals surface area contributed by atoms with Gasteiger partial charge in [-0.1, -0.05) is 31.0 Å². The van der Waals surface area contributed by atoms with E-state index in [-0.39, 0.29) is 35.7 Å². The van der Waals surface area contributed by atoms with Crippen molar-refractivity contribution in [3.05, 3.63) is 66.4 Å². The molecule has 2 aromatic carbocycles. The van der Waals surface area contributed by atoms with Crippen molar-refractivity contribution in [3.8, 4) is 22.5 Å². The fourth-order valence-electron chi connectivity index (χ4n) is 9.12. The zero-order valence-corrected chi connectivity index (χ0v) is 32.8. The molecule has 2 aliphatic heterocycles. The molecule has 0 bridgehead atoms. The maximum Gasteiger partial charge on any atom is 0.407 e.